The van der Waals surface area contributed by atoms with Crippen LogP contribution >= 0.6 is 0 Å². The Morgan fingerprint density at radius 3 is 3.08 bits per heavy atom. The van der Waals surface area contributed by atoms with Gasteiger partial charge < -0.3 is 10.2 Å². The first kappa shape index (κ1) is 9.52. The third-order valence-corrected chi connectivity index (χ3v) is 1.90. The van der Waals surface area contributed by atoms with Crippen molar-refractivity contribution in [1.29, 1.82) is 5.26 Å². The van der Waals surface area contributed by atoms with Crippen molar-refractivity contribution in [2.45, 2.75) is 12.8 Å². The minimum atomic E-state index is -0.195. The van der Waals surface area contributed by atoms with E-state index in [9.17, 15) is 9.59 Å². The summed E-state index contributed by atoms with van der Waals surface area (Å²) in [7, 11) is 0. The summed E-state index contributed by atoms with van der Waals surface area (Å²) in [6.07, 6.45) is 0.228. The van der Waals surface area contributed by atoms with Crippen LogP contribution in [0.3, 0.4) is 0 Å². The zero-order valence-electron chi connectivity index (χ0n) is 7.25. The predicted molar refractivity (Wildman–Crippen MR) is 44.4 cm³/mol. The van der Waals surface area contributed by atoms with Crippen LogP contribution in [0.15, 0.2) is 0 Å². The topological polar surface area (TPSA) is 73.2 Å². The van der Waals surface area contributed by atoms with Crippen LogP contribution < -0.4 is 5.32 Å². The number of rotatable bonds is 1. The molecule has 0 aromatic carbocycles. The highest BCUT2D eigenvalue weighted by Crippen LogP contribution is 1.98. The van der Waals surface area contributed by atoms with Gasteiger partial charge in [0.05, 0.1) is 6.07 Å². The maximum atomic E-state index is 11.2. The Morgan fingerprint density at radius 2 is 2.38 bits per heavy atom. The van der Waals surface area contributed by atoms with Gasteiger partial charge >= 0.3 is 0 Å². The van der Waals surface area contributed by atoms with Crippen LogP contribution in [0.5, 0.6) is 0 Å². The van der Waals surface area contributed by atoms with Gasteiger partial charge in [-0.25, -0.2) is 0 Å². The number of hydrogen-bond donors (Lipinski definition) is 1. The Balaban J connectivity index is 2.47. The summed E-state index contributed by atoms with van der Waals surface area (Å²) in [6, 6.07) is 1.80. The number of hydrogen-bond acceptors (Lipinski definition) is 3. The van der Waals surface area contributed by atoms with E-state index in [2.05, 4.69) is 5.32 Å². The van der Waals surface area contributed by atoms with Crippen molar-refractivity contribution in [2.75, 3.05) is 19.6 Å². The van der Waals surface area contributed by atoms with Crippen molar-refractivity contribution < 1.29 is 9.59 Å². The van der Waals surface area contributed by atoms with Gasteiger partial charge in [-0.2, -0.15) is 5.26 Å². The van der Waals surface area contributed by atoms with Gasteiger partial charge in [-0.05, 0) is 0 Å². The van der Waals surface area contributed by atoms with E-state index in [1.54, 1.807) is 11.0 Å². The quantitative estimate of drug-likeness (QED) is 0.578. The van der Waals surface area contributed by atoms with Crippen molar-refractivity contribution in [3.63, 3.8) is 0 Å². The van der Waals surface area contributed by atoms with E-state index >= 15 is 0 Å². The van der Waals surface area contributed by atoms with E-state index in [1.165, 1.54) is 0 Å². The van der Waals surface area contributed by atoms with E-state index < -0.39 is 0 Å². The van der Waals surface area contributed by atoms with Crippen molar-refractivity contribution in [2.24, 2.45) is 0 Å². The maximum Gasteiger partial charge on any atom is 0.236 e. The van der Waals surface area contributed by atoms with Crippen LogP contribution in [0, 0.1) is 11.3 Å². The first-order valence-corrected chi connectivity index (χ1v) is 4.15. The van der Waals surface area contributed by atoms with Gasteiger partial charge in [0.25, 0.3) is 0 Å². The van der Waals surface area contributed by atoms with Gasteiger partial charge in [0, 0.05) is 26.1 Å². The fourth-order valence-corrected chi connectivity index (χ4v) is 1.20. The van der Waals surface area contributed by atoms with Gasteiger partial charge in [-0.1, -0.05) is 0 Å². The van der Waals surface area contributed by atoms with Gasteiger partial charge in [-0.3, -0.25) is 9.59 Å². The van der Waals surface area contributed by atoms with Crippen molar-refractivity contribution >= 4 is 11.8 Å². The van der Waals surface area contributed by atoms with E-state index in [0.29, 0.717) is 26.1 Å². The summed E-state index contributed by atoms with van der Waals surface area (Å²) in [5.41, 5.74) is 0. The molecule has 0 radical (unpaired) electrons. The first-order valence-electron chi connectivity index (χ1n) is 4.15. The van der Waals surface area contributed by atoms with Crippen LogP contribution in [0.4, 0.5) is 0 Å². The molecule has 0 aromatic heterocycles. The molecule has 0 atom stereocenters. The molecule has 1 saturated heterocycles. The van der Waals surface area contributed by atoms with Gasteiger partial charge in [-0.15, -0.1) is 0 Å². The summed E-state index contributed by atoms with van der Waals surface area (Å²) in [5.74, 6) is -0.230. The minimum Gasteiger partial charge on any atom is -0.354 e. The summed E-state index contributed by atoms with van der Waals surface area (Å²) in [6.45, 7) is 1.41. The average molecular weight is 181 g/mol. The lowest BCUT2D eigenvalue weighted by atomic mass is 10.3. The first-order chi connectivity index (χ1) is 6.24. The standard InChI is InChI=1S/C8H11N3O2/c9-3-1-8(13)11-5-2-7(12)10-4-6-11/h1-2,4-6H2,(H,10,12). The number of nitriles is 1. The number of carbonyl (C=O) groups is 2. The maximum absolute atomic E-state index is 11.2. The Bertz CT molecular complexity index is 257. The van der Waals surface area contributed by atoms with E-state index in [-0.39, 0.29) is 18.2 Å². The van der Waals surface area contributed by atoms with Crippen LogP contribution in [-0.4, -0.2) is 36.3 Å². The van der Waals surface area contributed by atoms with E-state index in [1.807, 2.05) is 0 Å². The van der Waals surface area contributed by atoms with Crippen LogP contribution in [-0.2, 0) is 9.59 Å². The molecule has 5 nitrogen and oxygen atoms in total. The van der Waals surface area contributed by atoms with Gasteiger partial charge in [0.15, 0.2) is 0 Å². The van der Waals surface area contributed by atoms with Crippen molar-refractivity contribution in [3.05, 3.63) is 0 Å². The molecule has 1 fully saturated rings. The van der Waals surface area contributed by atoms with Gasteiger partial charge in [0.1, 0.15) is 6.42 Å². The Morgan fingerprint density at radius 1 is 1.62 bits per heavy atom. The van der Waals surface area contributed by atoms with Crippen molar-refractivity contribution in [3.8, 4) is 6.07 Å². The monoisotopic (exact) mass is 181 g/mol. The molecule has 1 rings (SSSR count). The molecule has 0 aromatic rings. The predicted octanol–water partition coefficient (Wildman–Crippen LogP) is -0.751. The third kappa shape index (κ3) is 2.75. The molecule has 13 heavy (non-hydrogen) atoms. The SMILES string of the molecule is N#CCC(=O)N1CCNC(=O)CC1. The number of amides is 2. The molecular weight excluding hydrogens is 170 g/mol. The smallest absolute Gasteiger partial charge is 0.236 e. The second-order valence-corrected chi connectivity index (χ2v) is 2.82. The van der Waals surface area contributed by atoms with Crippen molar-refractivity contribution in [1.82, 2.24) is 10.2 Å². The molecule has 1 aliphatic heterocycles. The molecular formula is C8H11N3O2. The molecule has 1 heterocycles. The van der Waals surface area contributed by atoms with Crippen LogP contribution in [0.2, 0.25) is 0 Å². The lowest BCUT2D eigenvalue weighted by Crippen LogP contribution is -2.33. The Hall–Kier alpha value is -1.57. The highest BCUT2D eigenvalue weighted by Gasteiger charge is 2.17. The second-order valence-electron chi connectivity index (χ2n) is 2.82. The third-order valence-electron chi connectivity index (χ3n) is 1.90. The highest BCUT2D eigenvalue weighted by atomic mass is 16.2. The normalized spacial score (nSPS) is 17.2. The summed E-state index contributed by atoms with van der Waals surface area (Å²) in [5, 5.41) is 11.0. The van der Waals surface area contributed by atoms with E-state index in [0.717, 1.165) is 0 Å². The molecule has 1 N–H and O–H groups in total. The molecule has 0 saturated carbocycles. The lowest BCUT2D eigenvalue weighted by Gasteiger charge is -2.17. The fraction of sp³-hybridized carbons (Fsp3) is 0.625. The average Bonchev–Trinajstić information content (AvgIpc) is 2.30. The molecule has 70 valence electrons. The number of carbonyl (C=O) groups excluding carboxylic acids is 2. The van der Waals surface area contributed by atoms with Gasteiger partial charge in [0.2, 0.25) is 11.8 Å². The molecule has 5 heteroatoms. The summed E-state index contributed by atoms with van der Waals surface area (Å²) < 4.78 is 0. The highest BCUT2D eigenvalue weighted by molar-refractivity contribution is 5.81. The lowest BCUT2D eigenvalue weighted by molar-refractivity contribution is -0.130. The summed E-state index contributed by atoms with van der Waals surface area (Å²) >= 11 is 0. The number of nitrogens with one attached hydrogen (secondary N) is 1. The Labute approximate surface area is 76.3 Å². The number of nitrogens with zero attached hydrogens (tertiary/aromatic N) is 2. The largest absolute Gasteiger partial charge is 0.354 e. The molecule has 0 bridgehead atoms. The van der Waals surface area contributed by atoms with Crippen LogP contribution in [0.1, 0.15) is 12.8 Å². The zero-order valence-corrected chi connectivity index (χ0v) is 7.25. The zero-order chi connectivity index (χ0) is 9.68. The second kappa shape index (κ2) is 4.45. The van der Waals surface area contributed by atoms with Crippen LogP contribution in [0.25, 0.3) is 0 Å². The molecule has 2 amide bonds. The molecule has 1 aliphatic rings. The fourth-order valence-electron chi connectivity index (χ4n) is 1.20. The molecule has 0 unspecified atom stereocenters. The minimum absolute atomic E-state index is 0.0349. The summed E-state index contributed by atoms with van der Waals surface area (Å²) in [4.78, 5) is 23.7. The molecule has 0 aliphatic carbocycles. The Kier molecular flexibility index (Phi) is 3.26. The molecule has 0 spiro atoms. The van der Waals surface area contributed by atoms with E-state index in [4.69, 9.17) is 5.26 Å².